The smallest absolute Gasteiger partial charge is 0.238 e. The highest BCUT2D eigenvalue weighted by molar-refractivity contribution is 7.89. The molecule has 0 bridgehead atoms. The standard InChI is InChI=1S/C10H16N2O4S/c1-15-5-2-6-16-10-7-8(17(12,13)14)3-4-9(10)11/h3-4,7H,2,5-6,11H2,1H3,(H2,12,13,14). The van der Waals surface area contributed by atoms with Gasteiger partial charge in [-0.3, -0.25) is 0 Å². The number of primary sulfonamides is 1. The number of sulfonamides is 1. The van der Waals surface area contributed by atoms with Crippen LogP contribution in [-0.2, 0) is 14.8 Å². The van der Waals surface area contributed by atoms with Crippen LogP contribution in [0.2, 0.25) is 0 Å². The number of hydrogen-bond donors (Lipinski definition) is 2. The molecule has 0 radical (unpaired) electrons. The highest BCUT2D eigenvalue weighted by atomic mass is 32.2. The Morgan fingerprint density at radius 1 is 1.29 bits per heavy atom. The fraction of sp³-hybridized carbons (Fsp3) is 0.400. The third-order valence-corrected chi connectivity index (χ3v) is 2.97. The minimum atomic E-state index is -3.74. The second-order valence-electron chi connectivity index (χ2n) is 3.44. The minimum Gasteiger partial charge on any atom is -0.491 e. The second-order valence-corrected chi connectivity index (χ2v) is 5.00. The Morgan fingerprint density at radius 2 is 2.00 bits per heavy atom. The summed E-state index contributed by atoms with van der Waals surface area (Å²) in [5.74, 6) is 0.313. The lowest BCUT2D eigenvalue weighted by atomic mass is 10.3. The van der Waals surface area contributed by atoms with Crippen molar-refractivity contribution in [3.63, 3.8) is 0 Å². The van der Waals surface area contributed by atoms with Crippen LogP contribution < -0.4 is 15.6 Å². The predicted molar refractivity (Wildman–Crippen MR) is 64.2 cm³/mol. The topological polar surface area (TPSA) is 105 Å². The van der Waals surface area contributed by atoms with Gasteiger partial charge in [-0.25, -0.2) is 13.6 Å². The molecule has 1 rings (SSSR count). The number of ether oxygens (including phenoxy) is 2. The van der Waals surface area contributed by atoms with Crippen LogP contribution in [0.1, 0.15) is 6.42 Å². The van der Waals surface area contributed by atoms with Gasteiger partial charge in [-0.2, -0.15) is 0 Å². The molecule has 0 unspecified atom stereocenters. The molecule has 0 aliphatic rings. The number of benzene rings is 1. The van der Waals surface area contributed by atoms with Crippen molar-refractivity contribution in [3.8, 4) is 5.75 Å². The highest BCUT2D eigenvalue weighted by Gasteiger charge is 2.10. The lowest BCUT2D eigenvalue weighted by Crippen LogP contribution is -2.12. The van der Waals surface area contributed by atoms with Crippen molar-refractivity contribution in [1.82, 2.24) is 0 Å². The molecule has 0 heterocycles. The van der Waals surface area contributed by atoms with Gasteiger partial charge < -0.3 is 15.2 Å². The third kappa shape index (κ3) is 4.22. The van der Waals surface area contributed by atoms with E-state index in [4.69, 9.17) is 20.3 Å². The van der Waals surface area contributed by atoms with E-state index >= 15 is 0 Å². The second kappa shape index (κ2) is 5.85. The Hall–Kier alpha value is -1.31. The first-order valence-corrected chi connectivity index (χ1v) is 6.54. The fourth-order valence-electron chi connectivity index (χ4n) is 1.20. The van der Waals surface area contributed by atoms with Crippen LogP contribution in [0, 0.1) is 0 Å². The van der Waals surface area contributed by atoms with Crippen molar-refractivity contribution in [1.29, 1.82) is 0 Å². The van der Waals surface area contributed by atoms with Gasteiger partial charge in [-0.05, 0) is 12.1 Å². The van der Waals surface area contributed by atoms with E-state index < -0.39 is 10.0 Å². The SMILES string of the molecule is COCCCOc1cc(S(N)(=O)=O)ccc1N. The van der Waals surface area contributed by atoms with Crippen LogP contribution in [0.15, 0.2) is 23.1 Å². The number of nitrogens with two attached hydrogens (primary N) is 2. The maximum absolute atomic E-state index is 11.1. The number of hydrogen-bond acceptors (Lipinski definition) is 5. The van der Waals surface area contributed by atoms with Crippen molar-refractivity contribution in [3.05, 3.63) is 18.2 Å². The van der Waals surface area contributed by atoms with Gasteiger partial charge in [0.05, 0.1) is 17.2 Å². The van der Waals surface area contributed by atoms with Gasteiger partial charge in [0.25, 0.3) is 0 Å². The summed E-state index contributed by atoms with van der Waals surface area (Å²) in [4.78, 5) is -0.0200. The predicted octanol–water partition coefficient (Wildman–Crippen LogP) is 0.332. The van der Waals surface area contributed by atoms with E-state index in [2.05, 4.69) is 0 Å². The van der Waals surface area contributed by atoms with E-state index in [1.165, 1.54) is 18.2 Å². The molecule has 96 valence electrons. The molecule has 0 saturated heterocycles. The van der Waals surface area contributed by atoms with Gasteiger partial charge in [0.15, 0.2) is 0 Å². The average molecular weight is 260 g/mol. The lowest BCUT2D eigenvalue weighted by Gasteiger charge is -2.09. The number of rotatable bonds is 6. The number of anilines is 1. The Morgan fingerprint density at radius 3 is 2.59 bits per heavy atom. The monoisotopic (exact) mass is 260 g/mol. The van der Waals surface area contributed by atoms with Gasteiger partial charge >= 0.3 is 0 Å². The van der Waals surface area contributed by atoms with Gasteiger partial charge in [0.2, 0.25) is 10.0 Å². The Labute approximate surface area is 101 Å². The molecule has 0 aromatic heterocycles. The molecular formula is C10H16N2O4S. The summed E-state index contributed by atoms with van der Waals surface area (Å²) >= 11 is 0. The first-order chi connectivity index (χ1) is 7.95. The molecule has 0 saturated carbocycles. The summed E-state index contributed by atoms with van der Waals surface area (Å²) in [7, 11) is -2.14. The van der Waals surface area contributed by atoms with Crippen LogP contribution >= 0.6 is 0 Å². The summed E-state index contributed by atoms with van der Waals surface area (Å²) in [6, 6.07) is 4.11. The van der Waals surface area contributed by atoms with Crippen molar-refractivity contribution in [2.24, 2.45) is 5.14 Å². The van der Waals surface area contributed by atoms with Crippen molar-refractivity contribution < 1.29 is 17.9 Å². The highest BCUT2D eigenvalue weighted by Crippen LogP contribution is 2.24. The summed E-state index contributed by atoms with van der Waals surface area (Å²) in [5, 5.41) is 5.01. The van der Waals surface area contributed by atoms with E-state index in [9.17, 15) is 8.42 Å². The molecule has 4 N–H and O–H groups in total. The summed E-state index contributed by atoms with van der Waals surface area (Å²) in [5.41, 5.74) is 6.03. The maximum atomic E-state index is 11.1. The molecule has 0 spiro atoms. The van der Waals surface area contributed by atoms with E-state index in [0.717, 1.165) is 0 Å². The van der Waals surface area contributed by atoms with Crippen LogP contribution in [0.25, 0.3) is 0 Å². The Bertz CT molecular complexity index is 473. The largest absolute Gasteiger partial charge is 0.491 e. The minimum absolute atomic E-state index is 0.0200. The zero-order valence-electron chi connectivity index (χ0n) is 9.55. The van der Waals surface area contributed by atoms with Gasteiger partial charge in [-0.1, -0.05) is 0 Å². The first kappa shape index (κ1) is 13.8. The normalized spacial score (nSPS) is 11.4. The van der Waals surface area contributed by atoms with E-state index in [0.29, 0.717) is 31.1 Å². The fourth-order valence-corrected chi connectivity index (χ4v) is 1.73. The quantitative estimate of drug-likeness (QED) is 0.566. The summed E-state index contributed by atoms with van der Waals surface area (Å²) in [6.07, 6.45) is 0.690. The first-order valence-electron chi connectivity index (χ1n) is 4.99. The average Bonchev–Trinajstić information content (AvgIpc) is 2.25. The van der Waals surface area contributed by atoms with Crippen LogP contribution in [0.4, 0.5) is 5.69 Å². The number of nitrogen functional groups attached to an aromatic ring is 1. The van der Waals surface area contributed by atoms with E-state index in [-0.39, 0.29) is 4.90 Å². The Kier molecular flexibility index (Phi) is 4.73. The third-order valence-electron chi connectivity index (χ3n) is 2.06. The zero-order valence-corrected chi connectivity index (χ0v) is 10.4. The van der Waals surface area contributed by atoms with Crippen LogP contribution in [0.3, 0.4) is 0 Å². The van der Waals surface area contributed by atoms with Gasteiger partial charge in [0, 0.05) is 26.2 Å². The molecule has 1 aromatic carbocycles. The Balaban J connectivity index is 2.77. The van der Waals surface area contributed by atoms with Crippen LogP contribution in [-0.4, -0.2) is 28.7 Å². The van der Waals surface area contributed by atoms with Crippen molar-refractivity contribution >= 4 is 15.7 Å². The zero-order chi connectivity index (χ0) is 12.9. The van der Waals surface area contributed by atoms with E-state index in [1.807, 2.05) is 0 Å². The molecule has 0 amide bonds. The van der Waals surface area contributed by atoms with Crippen molar-refractivity contribution in [2.45, 2.75) is 11.3 Å². The summed E-state index contributed by atoms with van der Waals surface area (Å²) < 4.78 is 32.5. The number of methoxy groups -OCH3 is 1. The molecular weight excluding hydrogens is 244 g/mol. The van der Waals surface area contributed by atoms with E-state index in [1.54, 1.807) is 7.11 Å². The van der Waals surface area contributed by atoms with Gasteiger partial charge in [0.1, 0.15) is 5.75 Å². The molecule has 17 heavy (non-hydrogen) atoms. The summed E-state index contributed by atoms with van der Waals surface area (Å²) in [6.45, 7) is 0.959. The molecule has 6 nitrogen and oxygen atoms in total. The molecule has 0 fully saturated rings. The molecule has 0 aliphatic heterocycles. The molecule has 0 aliphatic carbocycles. The molecule has 1 aromatic rings. The van der Waals surface area contributed by atoms with Gasteiger partial charge in [-0.15, -0.1) is 0 Å². The lowest BCUT2D eigenvalue weighted by molar-refractivity contribution is 0.172. The van der Waals surface area contributed by atoms with Crippen molar-refractivity contribution in [2.75, 3.05) is 26.1 Å². The maximum Gasteiger partial charge on any atom is 0.238 e. The van der Waals surface area contributed by atoms with Crippen LogP contribution in [0.5, 0.6) is 5.75 Å². The molecule has 7 heteroatoms. The molecule has 0 atom stereocenters.